The number of benzene rings is 1. The van der Waals surface area contributed by atoms with Crippen molar-refractivity contribution in [3.05, 3.63) is 45.6 Å². The number of fused-ring (bicyclic) bond motifs is 1. The van der Waals surface area contributed by atoms with Crippen LogP contribution in [-0.4, -0.2) is 47.9 Å². The van der Waals surface area contributed by atoms with Gasteiger partial charge < -0.3 is 14.5 Å². The summed E-state index contributed by atoms with van der Waals surface area (Å²) >= 11 is 1.52. The quantitative estimate of drug-likeness (QED) is 0.652. The van der Waals surface area contributed by atoms with E-state index in [4.69, 9.17) is 9.15 Å². The molecule has 1 aliphatic heterocycles. The van der Waals surface area contributed by atoms with E-state index < -0.39 is 17.9 Å². The first kappa shape index (κ1) is 20.7. The Morgan fingerprint density at radius 3 is 2.93 bits per heavy atom. The van der Waals surface area contributed by atoms with Crippen LogP contribution in [0.4, 0.5) is 8.78 Å². The number of aromatic nitrogens is 1. The van der Waals surface area contributed by atoms with Crippen molar-refractivity contribution in [1.82, 2.24) is 15.2 Å². The molecule has 0 radical (unpaired) electrons. The van der Waals surface area contributed by atoms with Crippen LogP contribution in [0.25, 0.3) is 11.0 Å². The molecule has 2 aromatic heterocycles. The minimum absolute atomic E-state index is 0.299. The first-order chi connectivity index (χ1) is 14.2. The largest absolute Gasteiger partial charge is 0.488 e. The molecule has 1 saturated heterocycles. The van der Waals surface area contributed by atoms with Crippen molar-refractivity contribution in [3.8, 4) is 5.75 Å². The van der Waals surface area contributed by atoms with E-state index in [-0.39, 0.29) is 13.0 Å². The summed E-state index contributed by atoms with van der Waals surface area (Å²) in [7, 11) is 1.62. The van der Waals surface area contributed by atoms with Crippen LogP contribution in [0, 0.1) is 13.8 Å². The molecule has 3 aromatic rings. The third-order valence-corrected chi connectivity index (χ3v) is 6.10. The van der Waals surface area contributed by atoms with Gasteiger partial charge in [-0.3, -0.25) is 9.69 Å². The number of amides is 1. The Labute approximate surface area is 176 Å². The van der Waals surface area contributed by atoms with E-state index in [1.807, 2.05) is 6.92 Å². The van der Waals surface area contributed by atoms with E-state index in [2.05, 4.69) is 10.3 Å². The van der Waals surface area contributed by atoms with Gasteiger partial charge in [0, 0.05) is 24.4 Å². The number of halogens is 2. The van der Waals surface area contributed by atoms with Crippen molar-refractivity contribution in [2.24, 2.45) is 0 Å². The lowest BCUT2D eigenvalue weighted by Gasteiger charge is -2.35. The molecule has 9 heteroatoms. The average Bonchev–Trinajstić information content (AvgIpc) is 3.19. The van der Waals surface area contributed by atoms with Crippen LogP contribution >= 0.6 is 11.3 Å². The summed E-state index contributed by atoms with van der Waals surface area (Å²) in [5.41, 5.74) is 3.59. The maximum Gasteiger partial charge on any atom is 0.262 e. The molecular weight excluding hydrogens is 412 g/mol. The zero-order valence-corrected chi connectivity index (χ0v) is 17.8. The number of ether oxygens (including phenoxy) is 1. The van der Waals surface area contributed by atoms with Crippen LogP contribution in [0.1, 0.15) is 33.1 Å². The van der Waals surface area contributed by atoms with Gasteiger partial charge in [0.15, 0.2) is 0 Å². The smallest absolute Gasteiger partial charge is 0.262 e. The van der Waals surface area contributed by atoms with Crippen LogP contribution in [0.5, 0.6) is 5.75 Å². The van der Waals surface area contributed by atoms with E-state index in [1.165, 1.54) is 16.2 Å². The second-order valence-electron chi connectivity index (χ2n) is 7.77. The number of alkyl halides is 2. The SMILES string of the molecule is Cc1ncsc1COc1ccc2oc(C)c(C(=O)NC3CN(C)CC(F)(F)C3)c2c1. The van der Waals surface area contributed by atoms with Gasteiger partial charge in [-0.15, -0.1) is 11.3 Å². The summed E-state index contributed by atoms with van der Waals surface area (Å²) in [5, 5.41) is 3.35. The van der Waals surface area contributed by atoms with Gasteiger partial charge in [-0.2, -0.15) is 0 Å². The maximum atomic E-state index is 13.9. The molecule has 0 bridgehead atoms. The normalized spacial score (nSPS) is 19.2. The van der Waals surface area contributed by atoms with Gasteiger partial charge in [-0.05, 0) is 39.1 Å². The highest BCUT2D eigenvalue weighted by Crippen LogP contribution is 2.31. The number of rotatable bonds is 5. The Bertz CT molecular complexity index is 1080. The molecule has 0 spiro atoms. The predicted molar refractivity (Wildman–Crippen MR) is 110 cm³/mol. The number of thiazole rings is 1. The number of nitrogens with zero attached hydrogens (tertiary/aromatic N) is 2. The molecule has 160 valence electrons. The Kier molecular flexibility index (Phi) is 5.50. The molecule has 1 fully saturated rings. The number of likely N-dealkylation sites (tertiary alicyclic amines) is 1. The van der Waals surface area contributed by atoms with E-state index in [1.54, 1.807) is 37.7 Å². The fourth-order valence-corrected chi connectivity index (χ4v) is 4.55. The first-order valence-electron chi connectivity index (χ1n) is 9.64. The van der Waals surface area contributed by atoms with Crippen LogP contribution in [-0.2, 0) is 6.61 Å². The zero-order valence-electron chi connectivity index (χ0n) is 17.0. The predicted octanol–water partition coefficient (Wildman–Crippen LogP) is 4.15. The molecule has 1 aliphatic rings. The second-order valence-corrected chi connectivity index (χ2v) is 8.71. The maximum absolute atomic E-state index is 13.9. The number of furan rings is 1. The van der Waals surface area contributed by atoms with Crippen molar-refractivity contribution in [3.63, 3.8) is 0 Å². The summed E-state index contributed by atoms with van der Waals surface area (Å²) in [6.45, 7) is 4.07. The number of carbonyl (C=O) groups is 1. The summed E-state index contributed by atoms with van der Waals surface area (Å²) in [4.78, 5) is 19.7. The molecule has 0 saturated carbocycles. The second kappa shape index (κ2) is 7.96. The number of nitrogens with one attached hydrogen (secondary N) is 1. The van der Waals surface area contributed by atoms with Crippen LogP contribution in [0.15, 0.2) is 28.1 Å². The minimum atomic E-state index is -2.83. The molecule has 0 aliphatic carbocycles. The van der Waals surface area contributed by atoms with Gasteiger partial charge in [-0.25, -0.2) is 13.8 Å². The highest BCUT2D eigenvalue weighted by atomic mass is 32.1. The molecule has 1 aromatic carbocycles. The fourth-order valence-electron chi connectivity index (χ4n) is 3.86. The van der Waals surface area contributed by atoms with Crippen molar-refractivity contribution >= 4 is 28.2 Å². The molecule has 1 N–H and O–H groups in total. The molecule has 6 nitrogen and oxygen atoms in total. The number of carbonyl (C=O) groups excluding carboxylic acids is 1. The molecule has 1 atom stereocenters. The van der Waals surface area contributed by atoms with E-state index in [0.29, 0.717) is 41.2 Å². The lowest BCUT2D eigenvalue weighted by Crippen LogP contribution is -2.53. The van der Waals surface area contributed by atoms with Gasteiger partial charge in [-0.1, -0.05) is 0 Å². The minimum Gasteiger partial charge on any atom is -0.488 e. The summed E-state index contributed by atoms with van der Waals surface area (Å²) in [6, 6.07) is 4.64. The number of likely N-dealkylation sites (N-methyl/N-ethyl adjacent to an activating group) is 1. The van der Waals surface area contributed by atoms with Gasteiger partial charge in [0.05, 0.1) is 28.2 Å². The highest BCUT2D eigenvalue weighted by Gasteiger charge is 2.39. The number of hydrogen-bond donors (Lipinski definition) is 1. The van der Waals surface area contributed by atoms with E-state index in [0.717, 1.165) is 10.6 Å². The number of piperidine rings is 1. The molecular formula is C21H23F2N3O3S. The molecule has 3 heterocycles. The third-order valence-electron chi connectivity index (χ3n) is 5.19. The van der Waals surface area contributed by atoms with E-state index >= 15 is 0 Å². The van der Waals surface area contributed by atoms with Crippen LogP contribution in [0.2, 0.25) is 0 Å². The lowest BCUT2D eigenvalue weighted by atomic mass is 10.0. The zero-order chi connectivity index (χ0) is 21.5. The van der Waals surface area contributed by atoms with Gasteiger partial charge in [0.2, 0.25) is 0 Å². The van der Waals surface area contributed by atoms with Gasteiger partial charge >= 0.3 is 0 Å². The molecule has 1 amide bonds. The first-order valence-corrected chi connectivity index (χ1v) is 10.5. The molecule has 30 heavy (non-hydrogen) atoms. The number of aryl methyl sites for hydroxylation is 2. The van der Waals surface area contributed by atoms with Gasteiger partial charge in [0.1, 0.15) is 23.7 Å². The highest BCUT2D eigenvalue weighted by molar-refractivity contribution is 7.09. The summed E-state index contributed by atoms with van der Waals surface area (Å²) in [6.07, 6.45) is -0.375. The van der Waals surface area contributed by atoms with Crippen LogP contribution in [0.3, 0.4) is 0 Å². The monoisotopic (exact) mass is 435 g/mol. The Morgan fingerprint density at radius 1 is 1.43 bits per heavy atom. The van der Waals surface area contributed by atoms with Crippen molar-refractivity contribution < 1.29 is 22.7 Å². The molecule has 4 rings (SSSR count). The third kappa shape index (κ3) is 4.32. The van der Waals surface area contributed by atoms with E-state index in [9.17, 15) is 13.6 Å². The van der Waals surface area contributed by atoms with Crippen LogP contribution < -0.4 is 10.1 Å². The fraction of sp³-hybridized carbons (Fsp3) is 0.429. The Morgan fingerprint density at radius 2 is 2.23 bits per heavy atom. The van der Waals surface area contributed by atoms with Crippen molar-refractivity contribution in [2.75, 3.05) is 20.1 Å². The Balaban J connectivity index is 1.54. The summed E-state index contributed by atoms with van der Waals surface area (Å²) < 4.78 is 39.3. The lowest BCUT2D eigenvalue weighted by molar-refractivity contribution is -0.0670. The topological polar surface area (TPSA) is 67.6 Å². The number of hydrogen-bond acceptors (Lipinski definition) is 6. The standard InChI is InChI=1S/C21H23F2N3O3S/c1-12-18(30-11-24-12)9-28-15-4-5-17-16(6-15)19(13(2)29-17)20(27)25-14-7-21(22,23)10-26(3)8-14/h4-6,11,14H,7-10H2,1-3H3,(H,25,27). The summed E-state index contributed by atoms with van der Waals surface area (Å²) in [5.74, 6) is -2.21. The molecule has 1 unspecified atom stereocenters. The van der Waals surface area contributed by atoms with Gasteiger partial charge in [0.25, 0.3) is 11.8 Å². The van der Waals surface area contributed by atoms with Crippen molar-refractivity contribution in [1.29, 1.82) is 0 Å². The van der Waals surface area contributed by atoms with Crippen molar-refractivity contribution in [2.45, 2.75) is 38.8 Å². The average molecular weight is 435 g/mol. The Hall–Kier alpha value is -2.52.